The van der Waals surface area contributed by atoms with Crippen LogP contribution in [-0.4, -0.2) is 11.1 Å². The quantitative estimate of drug-likeness (QED) is 0.638. The van der Waals surface area contributed by atoms with Gasteiger partial charge < -0.3 is 9.84 Å². The predicted octanol–water partition coefficient (Wildman–Crippen LogP) is 2.31. The van der Waals surface area contributed by atoms with Gasteiger partial charge in [0.1, 0.15) is 17.1 Å². The molecule has 1 N–H and O–H groups in total. The summed E-state index contributed by atoms with van der Waals surface area (Å²) >= 11 is 0. The Morgan fingerprint density at radius 2 is 2.07 bits per heavy atom. The molecule has 0 amide bonds. The first kappa shape index (κ1) is 8.81. The van der Waals surface area contributed by atoms with Gasteiger partial charge in [0.05, 0.1) is 0 Å². The minimum Gasteiger partial charge on any atom is -0.507 e. The maximum Gasteiger partial charge on any atom is 0.348 e. The molecule has 0 spiro atoms. The van der Waals surface area contributed by atoms with Crippen LogP contribution in [0.15, 0.2) is 23.8 Å². The number of rotatable bonds is 0. The number of aromatic hydroxyl groups is 1. The Kier molecular flexibility index (Phi) is 1.81. The zero-order valence-electron chi connectivity index (χ0n) is 8.00. The molecular formula is C11H10O3. The highest BCUT2D eigenvalue weighted by Crippen LogP contribution is 2.36. The van der Waals surface area contributed by atoms with Crippen LogP contribution in [0.25, 0.3) is 5.76 Å². The van der Waals surface area contributed by atoms with Gasteiger partial charge in [0.2, 0.25) is 0 Å². The fraction of sp³-hybridized carbons (Fsp3) is 0.182. The third-order valence-corrected chi connectivity index (χ3v) is 2.14. The highest BCUT2D eigenvalue weighted by molar-refractivity contribution is 6.05. The molecule has 0 radical (unpaired) electrons. The van der Waals surface area contributed by atoms with Crippen molar-refractivity contribution >= 4 is 11.7 Å². The normalized spacial score (nSPS) is 13.9. The SMILES string of the molecule is CC(C)=C1OC(=O)c2c(O)cccc21. The molecule has 0 saturated carbocycles. The van der Waals surface area contributed by atoms with Crippen molar-refractivity contribution in [2.24, 2.45) is 0 Å². The van der Waals surface area contributed by atoms with Crippen LogP contribution in [0.2, 0.25) is 0 Å². The second-order valence-corrected chi connectivity index (χ2v) is 3.42. The van der Waals surface area contributed by atoms with E-state index in [2.05, 4.69) is 0 Å². The minimum atomic E-state index is -0.478. The van der Waals surface area contributed by atoms with E-state index >= 15 is 0 Å². The lowest BCUT2D eigenvalue weighted by Gasteiger charge is -1.99. The first-order chi connectivity index (χ1) is 6.61. The zero-order chi connectivity index (χ0) is 10.3. The number of benzene rings is 1. The monoisotopic (exact) mass is 190 g/mol. The largest absolute Gasteiger partial charge is 0.507 e. The number of fused-ring (bicyclic) bond motifs is 1. The number of cyclic esters (lactones) is 1. The van der Waals surface area contributed by atoms with Gasteiger partial charge in [-0.1, -0.05) is 12.1 Å². The van der Waals surface area contributed by atoms with Crippen molar-refractivity contribution in [1.29, 1.82) is 0 Å². The maximum absolute atomic E-state index is 11.4. The summed E-state index contributed by atoms with van der Waals surface area (Å²) in [6.45, 7) is 3.73. The summed E-state index contributed by atoms with van der Waals surface area (Å²) in [6, 6.07) is 4.94. The van der Waals surface area contributed by atoms with E-state index in [1.165, 1.54) is 6.07 Å². The van der Waals surface area contributed by atoms with Crippen LogP contribution in [0.5, 0.6) is 5.75 Å². The van der Waals surface area contributed by atoms with E-state index < -0.39 is 5.97 Å². The Morgan fingerprint density at radius 1 is 1.36 bits per heavy atom. The van der Waals surface area contributed by atoms with Crippen molar-refractivity contribution in [3.8, 4) is 5.75 Å². The Labute approximate surface area is 81.6 Å². The molecule has 0 unspecified atom stereocenters. The molecule has 1 aliphatic rings. The molecule has 1 aromatic carbocycles. The van der Waals surface area contributed by atoms with Gasteiger partial charge in [0.25, 0.3) is 0 Å². The van der Waals surface area contributed by atoms with Gasteiger partial charge in [-0.05, 0) is 25.5 Å². The predicted molar refractivity (Wildman–Crippen MR) is 51.8 cm³/mol. The summed E-state index contributed by atoms with van der Waals surface area (Å²) in [4.78, 5) is 11.4. The fourth-order valence-electron chi connectivity index (χ4n) is 1.51. The standard InChI is InChI=1S/C11H10O3/c1-6(2)10-7-4-3-5-8(12)9(7)11(13)14-10/h3-5,12H,1-2H3. The van der Waals surface area contributed by atoms with Crippen molar-refractivity contribution in [3.05, 3.63) is 34.9 Å². The van der Waals surface area contributed by atoms with E-state index in [4.69, 9.17) is 4.74 Å². The Bertz CT molecular complexity index is 440. The van der Waals surface area contributed by atoms with Crippen LogP contribution in [0, 0.1) is 0 Å². The number of hydrogen-bond donors (Lipinski definition) is 1. The number of phenolic OH excluding ortho intramolecular Hbond substituents is 1. The summed E-state index contributed by atoms with van der Waals surface area (Å²) in [7, 11) is 0. The third-order valence-electron chi connectivity index (χ3n) is 2.14. The number of esters is 1. The number of allylic oxidation sites excluding steroid dienone is 1. The molecule has 14 heavy (non-hydrogen) atoms. The lowest BCUT2D eigenvalue weighted by molar-refractivity contribution is 0.0712. The van der Waals surface area contributed by atoms with Crippen LogP contribution < -0.4 is 0 Å². The first-order valence-electron chi connectivity index (χ1n) is 4.33. The number of ether oxygens (including phenoxy) is 1. The lowest BCUT2D eigenvalue weighted by atomic mass is 10.1. The average Bonchev–Trinajstić information content (AvgIpc) is 2.45. The van der Waals surface area contributed by atoms with Crippen LogP contribution in [0.4, 0.5) is 0 Å². The lowest BCUT2D eigenvalue weighted by Crippen LogP contribution is -1.93. The van der Waals surface area contributed by atoms with Gasteiger partial charge >= 0.3 is 5.97 Å². The second-order valence-electron chi connectivity index (χ2n) is 3.42. The van der Waals surface area contributed by atoms with E-state index in [9.17, 15) is 9.90 Å². The molecule has 1 aromatic rings. The van der Waals surface area contributed by atoms with Gasteiger partial charge in [-0.25, -0.2) is 4.79 Å². The number of phenols is 1. The van der Waals surface area contributed by atoms with Gasteiger partial charge in [0, 0.05) is 5.56 Å². The molecule has 0 bridgehead atoms. The average molecular weight is 190 g/mol. The molecule has 0 fully saturated rings. The molecule has 1 heterocycles. The fourth-order valence-corrected chi connectivity index (χ4v) is 1.51. The van der Waals surface area contributed by atoms with Crippen LogP contribution in [-0.2, 0) is 4.74 Å². The van der Waals surface area contributed by atoms with Crippen molar-refractivity contribution in [1.82, 2.24) is 0 Å². The van der Waals surface area contributed by atoms with E-state index in [0.717, 1.165) is 5.57 Å². The molecule has 0 saturated heterocycles. The van der Waals surface area contributed by atoms with Crippen molar-refractivity contribution < 1.29 is 14.6 Å². The van der Waals surface area contributed by atoms with E-state index in [0.29, 0.717) is 11.3 Å². The van der Waals surface area contributed by atoms with E-state index in [-0.39, 0.29) is 11.3 Å². The van der Waals surface area contributed by atoms with Crippen molar-refractivity contribution in [2.75, 3.05) is 0 Å². The van der Waals surface area contributed by atoms with E-state index in [1.54, 1.807) is 12.1 Å². The summed E-state index contributed by atoms with van der Waals surface area (Å²) < 4.78 is 5.05. The Morgan fingerprint density at radius 3 is 2.71 bits per heavy atom. The van der Waals surface area contributed by atoms with Crippen LogP contribution in [0.1, 0.15) is 29.8 Å². The van der Waals surface area contributed by atoms with Gasteiger partial charge in [-0.2, -0.15) is 0 Å². The zero-order valence-corrected chi connectivity index (χ0v) is 8.00. The molecule has 3 nitrogen and oxygen atoms in total. The number of carbonyl (C=O) groups excluding carboxylic acids is 1. The highest BCUT2D eigenvalue weighted by atomic mass is 16.5. The molecule has 3 heteroatoms. The first-order valence-corrected chi connectivity index (χ1v) is 4.33. The molecule has 0 aliphatic carbocycles. The van der Waals surface area contributed by atoms with Crippen LogP contribution >= 0.6 is 0 Å². The molecular weight excluding hydrogens is 180 g/mol. The summed E-state index contributed by atoms with van der Waals surface area (Å²) in [5.41, 5.74) is 1.86. The molecule has 1 aliphatic heterocycles. The van der Waals surface area contributed by atoms with Crippen molar-refractivity contribution in [2.45, 2.75) is 13.8 Å². The summed E-state index contributed by atoms with van der Waals surface area (Å²) in [6.07, 6.45) is 0. The maximum atomic E-state index is 11.4. The third kappa shape index (κ3) is 1.09. The highest BCUT2D eigenvalue weighted by Gasteiger charge is 2.29. The molecule has 2 rings (SSSR count). The summed E-state index contributed by atoms with van der Waals surface area (Å²) in [5, 5.41) is 9.48. The van der Waals surface area contributed by atoms with E-state index in [1.807, 2.05) is 13.8 Å². The Balaban J connectivity index is 2.73. The van der Waals surface area contributed by atoms with Crippen LogP contribution in [0.3, 0.4) is 0 Å². The molecule has 0 atom stereocenters. The summed E-state index contributed by atoms with van der Waals surface area (Å²) in [5.74, 6) is 0.0546. The minimum absolute atomic E-state index is 0.0243. The topological polar surface area (TPSA) is 46.5 Å². The molecule has 72 valence electrons. The number of carbonyl (C=O) groups is 1. The van der Waals surface area contributed by atoms with Gasteiger partial charge in [-0.3, -0.25) is 0 Å². The number of hydrogen-bond acceptors (Lipinski definition) is 3. The molecule has 0 aromatic heterocycles. The smallest absolute Gasteiger partial charge is 0.348 e. The Hall–Kier alpha value is -1.77. The van der Waals surface area contributed by atoms with Crippen molar-refractivity contribution in [3.63, 3.8) is 0 Å². The van der Waals surface area contributed by atoms with Gasteiger partial charge in [0.15, 0.2) is 0 Å². The van der Waals surface area contributed by atoms with Gasteiger partial charge in [-0.15, -0.1) is 0 Å². The second kappa shape index (κ2) is 2.87.